The molecule has 0 spiro atoms. The number of anilines is 1. The van der Waals surface area contributed by atoms with Crippen LogP contribution in [0.15, 0.2) is 48.5 Å². The van der Waals surface area contributed by atoms with Gasteiger partial charge in [0.25, 0.3) is 0 Å². The number of hydrogen-bond acceptors (Lipinski definition) is 3. The van der Waals surface area contributed by atoms with Gasteiger partial charge < -0.3 is 15.0 Å². The number of nitrogens with zero attached hydrogens (tertiary/aromatic N) is 1. The van der Waals surface area contributed by atoms with Crippen LogP contribution in [0, 0.1) is 0 Å². The van der Waals surface area contributed by atoms with Crippen LogP contribution >= 0.6 is 11.6 Å². The van der Waals surface area contributed by atoms with Crippen molar-refractivity contribution < 1.29 is 14.3 Å². The van der Waals surface area contributed by atoms with Crippen LogP contribution in [0.2, 0.25) is 5.02 Å². The Morgan fingerprint density at radius 1 is 1.17 bits per heavy atom. The van der Waals surface area contributed by atoms with Crippen LogP contribution in [0.1, 0.15) is 5.56 Å². The molecule has 2 aromatic carbocycles. The minimum Gasteiger partial charge on any atom is -0.497 e. The van der Waals surface area contributed by atoms with Gasteiger partial charge in [0.15, 0.2) is 0 Å². The number of likely N-dealkylation sites (N-methyl/N-ethyl adjacent to an activating group) is 1. The number of benzene rings is 2. The number of methoxy groups -OCH3 is 1. The van der Waals surface area contributed by atoms with Crippen LogP contribution in [0.25, 0.3) is 0 Å². The third kappa shape index (κ3) is 4.99. The van der Waals surface area contributed by atoms with Gasteiger partial charge in [-0.05, 0) is 23.8 Å². The summed E-state index contributed by atoms with van der Waals surface area (Å²) in [4.78, 5) is 25.7. The van der Waals surface area contributed by atoms with E-state index in [-0.39, 0.29) is 24.8 Å². The molecular formula is C18H19ClN2O3. The molecule has 0 aliphatic rings. The van der Waals surface area contributed by atoms with Crippen molar-refractivity contribution in [3.05, 3.63) is 59.1 Å². The number of amides is 2. The van der Waals surface area contributed by atoms with E-state index in [1.807, 2.05) is 12.1 Å². The van der Waals surface area contributed by atoms with E-state index in [4.69, 9.17) is 16.3 Å². The summed E-state index contributed by atoms with van der Waals surface area (Å²) in [6.07, 6.45) is 0.155. The van der Waals surface area contributed by atoms with Gasteiger partial charge in [0, 0.05) is 23.8 Å². The zero-order valence-electron chi connectivity index (χ0n) is 13.6. The quantitative estimate of drug-likeness (QED) is 0.874. The summed E-state index contributed by atoms with van der Waals surface area (Å²) in [5.74, 6) is 0.193. The van der Waals surface area contributed by atoms with Gasteiger partial charge in [-0.1, -0.05) is 35.9 Å². The molecule has 0 atom stereocenters. The van der Waals surface area contributed by atoms with Crippen LogP contribution in [0.4, 0.5) is 5.69 Å². The van der Waals surface area contributed by atoms with Crippen molar-refractivity contribution in [2.45, 2.75) is 6.42 Å². The van der Waals surface area contributed by atoms with E-state index < -0.39 is 0 Å². The second-order valence-corrected chi connectivity index (χ2v) is 5.71. The Labute approximate surface area is 146 Å². The molecule has 0 aliphatic carbocycles. The molecule has 6 heteroatoms. The molecule has 0 heterocycles. The Morgan fingerprint density at radius 2 is 1.92 bits per heavy atom. The minimum absolute atomic E-state index is 0.0412. The van der Waals surface area contributed by atoms with Crippen molar-refractivity contribution in [1.29, 1.82) is 0 Å². The molecule has 0 aliphatic heterocycles. The molecule has 0 fully saturated rings. The first kappa shape index (κ1) is 17.8. The van der Waals surface area contributed by atoms with Gasteiger partial charge in [0.05, 0.1) is 20.1 Å². The van der Waals surface area contributed by atoms with Crippen molar-refractivity contribution in [3.63, 3.8) is 0 Å². The minimum atomic E-state index is -0.279. The molecule has 0 aromatic heterocycles. The fourth-order valence-corrected chi connectivity index (χ4v) is 2.35. The van der Waals surface area contributed by atoms with Crippen molar-refractivity contribution in [1.82, 2.24) is 4.90 Å². The van der Waals surface area contributed by atoms with E-state index in [1.165, 1.54) is 4.90 Å². The predicted molar refractivity (Wildman–Crippen MR) is 94.4 cm³/mol. The first-order chi connectivity index (χ1) is 11.5. The lowest BCUT2D eigenvalue weighted by molar-refractivity contribution is -0.132. The second-order valence-electron chi connectivity index (χ2n) is 5.30. The fraction of sp³-hybridized carbons (Fsp3) is 0.222. The van der Waals surface area contributed by atoms with Gasteiger partial charge in [-0.25, -0.2) is 0 Å². The molecule has 0 saturated heterocycles. The highest BCUT2D eigenvalue weighted by Crippen LogP contribution is 2.17. The van der Waals surface area contributed by atoms with Crippen LogP contribution < -0.4 is 10.1 Å². The van der Waals surface area contributed by atoms with Gasteiger partial charge >= 0.3 is 0 Å². The average molecular weight is 347 g/mol. The summed E-state index contributed by atoms with van der Waals surface area (Å²) in [5, 5.41) is 3.28. The van der Waals surface area contributed by atoms with E-state index in [2.05, 4.69) is 5.32 Å². The maximum absolute atomic E-state index is 12.2. The van der Waals surface area contributed by atoms with Crippen molar-refractivity contribution >= 4 is 29.1 Å². The summed E-state index contributed by atoms with van der Waals surface area (Å²) in [6.45, 7) is -0.0412. The van der Waals surface area contributed by atoms with Gasteiger partial charge in [0.2, 0.25) is 11.8 Å². The molecule has 5 nitrogen and oxygen atoms in total. The van der Waals surface area contributed by atoms with Crippen molar-refractivity contribution in [2.75, 3.05) is 26.0 Å². The Bertz CT molecular complexity index is 734. The summed E-state index contributed by atoms with van der Waals surface area (Å²) >= 11 is 6.05. The number of hydrogen-bond donors (Lipinski definition) is 1. The molecule has 1 N–H and O–H groups in total. The molecule has 0 saturated carbocycles. The van der Waals surface area contributed by atoms with Crippen LogP contribution in [0.5, 0.6) is 5.75 Å². The summed E-state index contributed by atoms with van der Waals surface area (Å²) < 4.78 is 5.10. The molecule has 2 aromatic rings. The highest BCUT2D eigenvalue weighted by molar-refractivity contribution is 6.31. The van der Waals surface area contributed by atoms with E-state index in [0.717, 1.165) is 5.56 Å². The lowest BCUT2D eigenvalue weighted by atomic mass is 10.1. The zero-order valence-corrected chi connectivity index (χ0v) is 14.3. The van der Waals surface area contributed by atoms with Gasteiger partial charge in [0.1, 0.15) is 5.75 Å². The van der Waals surface area contributed by atoms with Crippen molar-refractivity contribution in [2.24, 2.45) is 0 Å². The van der Waals surface area contributed by atoms with Gasteiger partial charge in [-0.3, -0.25) is 9.59 Å². The van der Waals surface area contributed by atoms with E-state index >= 15 is 0 Å². The van der Waals surface area contributed by atoms with Crippen LogP contribution in [0.3, 0.4) is 0 Å². The smallest absolute Gasteiger partial charge is 0.243 e. The molecule has 24 heavy (non-hydrogen) atoms. The van der Waals surface area contributed by atoms with E-state index in [1.54, 1.807) is 50.6 Å². The van der Waals surface area contributed by atoms with Crippen LogP contribution in [-0.2, 0) is 16.0 Å². The molecule has 0 unspecified atom stereocenters. The maximum Gasteiger partial charge on any atom is 0.243 e. The maximum atomic E-state index is 12.2. The van der Waals surface area contributed by atoms with Crippen molar-refractivity contribution in [3.8, 4) is 5.75 Å². The molecular weight excluding hydrogens is 328 g/mol. The monoisotopic (exact) mass is 346 g/mol. The largest absolute Gasteiger partial charge is 0.497 e. The number of carbonyl (C=O) groups excluding carboxylic acids is 2. The predicted octanol–water partition coefficient (Wildman–Crippen LogP) is 2.99. The number of rotatable bonds is 6. The third-order valence-corrected chi connectivity index (χ3v) is 3.83. The highest BCUT2D eigenvalue weighted by atomic mass is 35.5. The Balaban J connectivity index is 1.90. The van der Waals surface area contributed by atoms with Crippen LogP contribution in [-0.4, -0.2) is 37.4 Å². The molecule has 0 bridgehead atoms. The highest BCUT2D eigenvalue weighted by Gasteiger charge is 2.15. The zero-order chi connectivity index (χ0) is 17.5. The SMILES string of the molecule is COc1cccc(NC(=O)CN(C)C(=O)Cc2ccccc2Cl)c1. The molecule has 2 rings (SSSR count). The standard InChI is InChI=1S/C18H19ClN2O3/c1-21(18(23)10-13-6-3-4-9-16(13)19)12-17(22)20-14-7-5-8-15(11-14)24-2/h3-9,11H,10,12H2,1-2H3,(H,20,22). The Kier molecular flexibility index (Phi) is 6.21. The topological polar surface area (TPSA) is 58.6 Å². The Morgan fingerprint density at radius 3 is 2.62 bits per heavy atom. The van der Waals surface area contributed by atoms with Gasteiger partial charge in [-0.2, -0.15) is 0 Å². The lowest BCUT2D eigenvalue weighted by Crippen LogP contribution is -2.35. The van der Waals surface area contributed by atoms with E-state index in [9.17, 15) is 9.59 Å². The summed E-state index contributed by atoms with van der Waals surface area (Å²) in [7, 11) is 3.15. The van der Waals surface area contributed by atoms with Gasteiger partial charge in [-0.15, -0.1) is 0 Å². The lowest BCUT2D eigenvalue weighted by Gasteiger charge is -2.17. The number of halogens is 1. The summed E-state index contributed by atoms with van der Waals surface area (Å²) in [6, 6.07) is 14.2. The first-order valence-corrected chi connectivity index (χ1v) is 7.78. The second kappa shape index (κ2) is 8.36. The summed E-state index contributed by atoms with van der Waals surface area (Å²) in [5.41, 5.74) is 1.36. The Hall–Kier alpha value is -2.53. The van der Waals surface area contributed by atoms with E-state index in [0.29, 0.717) is 16.5 Å². The normalized spacial score (nSPS) is 10.1. The number of carbonyl (C=O) groups is 2. The average Bonchev–Trinajstić information content (AvgIpc) is 2.56. The number of nitrogens with one attached hydrogen (secondary N) is 1. The molecule has 126 valence electrons. The third-order valence-electron chi connectivity index (χ3n) is 3.46. The first-order valence-electron chi connectivity index (χ1n) is 7.41. The molecule has 0 radical (unpaired) electrons. The fourth-order valence-electron chi connectivity index (χ4n) is 2.14. The number of ether oxygens (including phenoxy) is 1. The molecule has 2 amide bonds.